The first kappa shape index (κ1) is 18.5. The van der Waals surface area contributed by atoms with Crippen molar-refractivity contribution in [2.75, 3.05) is 21.1 Å². The van der Waals surface area contributed by atoms with Gasteiger partial charge in [-0.1, -0.05) is 12.2 Å². The second-order valence-corrected chi connectivity index (χ2v) is 3.30. The van der Waals surface area contributed by atoms with E-state index < -0.39 is 0 Å². The van der Waals surface area contributed by atoms with Crippen LogP contribution in [-0.4, -0.2) is 25.6 Å². The van der Waals surface area contributed by atoms with Crippen LogP contribution < -0.4 is 24.8 Å². The molecule has 0 atom stereocenters. The van der Waals surface area contributed by atoms with Crippen LogP contribution in [0.3, 0.4) is 0 Å². The largest absolute Gasteiger partial charge is 1.00 e. The molecule has 0 fully saturated rings. The summed E-state index contributed by atoms with van der Waals surface area (Å²) in [7, 11) is 6.58. The van der Waals surface area contributed by atoms with Crippen molar-refractivity contribution in [2.45, 2.75) is 6.42 Å². The number of halogens is 2. The van der Waals surface area contributed by atoms with Crippen molar-refractivity contribution in [1.29, 1.82) is 0 Å². The van der Waals surface area contributed by atoms with Gasteiger partial charge < -0.3 is 29.3 Å². The van der Waals surface area contributed by atoms with Crippen LogP contribution in [0.25, 0.3) is 0 Å². The Morgan fingerprint density at radius 1 is 1.17 bits per heavy atom. The first-order valence-electron chi connectivity index (χ1n) is 3.28. The van der Waals surface area contributed by atoms with E-state index in [1.54, 1.807) is 0 Å². The van der Waals surface area contributed by atoms with E-state index in [2.05, 4.69) is 39.4 Å². The third-order valence-corrected chi connectivity index (χ3v) is 1.61. The summed E-state index contributed by atoms with van der Waals surface area (Å²) in [6.07, 6.45) is 7.64. The Morgan fingerprint density at radius 3 is 1.83 bits per heavy atom. The quantitative estimate of drug-likeness (QED) is 0.322. The van der Waals surface area contributed by atoms with Gasteiger partial charge in [-0.3, -0.25) is 0 Å². The van der Waals surface area contributed by atoms with Crippen LogP contribution in [0.2, 0.25) is 0 Å². The summed E-state index contributed by atoms with van der Waals surface area (Å²) in [6.45, 7) is 0. The third-order valence-electron chi connectivity index (χ3n) is 1.61. The summed E-state index contributed by atoms with van der Waals surface area (Å²) >= 11 is 0. The molecule has 0 spiro atoms. The van der Waals surface area contributed by atoms with Crippen molar-refractivity contribution in [3.63, 3.8) is 0 Å². The summed E-state index contributed by atoms with van der Waals surface area (Å²) in [5.41, 5.74) is 1.48. The van der Waals surface area contributed by atoms with Crippen LogP contribution >= 0.6 is 0 Å². The maximum atomic E-state index is 2.19. The molecule has 4 heteroatoms. The van der Waals surface area contributed by atoms with Crippen molar-refractivity contribution in [2.24, 2.45) is 0 Å². The van der Waals surface area contributed by atoms with Gasteiger partial charge >= 0.3 is 0 Å². The minimum atomic E-state index is 0. The summed E-state index contributed by atoms with van der Waals surface area (Å²) < 4.78 is 0.965. The van der Waals surface area contributed by atoms with Crippen LogP contribution in [0.15, 0.2) is 23.9 Å². The van der Waals surface area contributed by atoms with Gasteiger partial charge in [0.05, 0.1) is 21.1 Å². The maximum Gasteiger partial charge on any atom is 0.112 e. The Bertz CT molecular complexity index is 170. The number of rotatable bonds is 1. The molecule has 0 heterocycles. The van der Waals surface area contributed by atoms with E-state index in [0.717, 1.165) is 10.9 Å². The molecule has 0 saturated heterocycles. The van der Waals surface area contributed by atoms with E-state index in [0.29, 0.717) is 0 Å². The molecular formula is C8H14Cl2NTi-. The predicted molar refractivity (Wildman–Crippen MR) is 39.9 cm³/mol. The SMILES string of the molecule is C[N+](C)(C)C1=CC=CC1.[Cl-].[Cl-].[Ti]. The van der Waals surface area contributed by atoms with Crippen LogP contribution in [0.1, 0.15) is 6.42 Å². The molecule has 0 aliphatic heterocycles. The maximum absolute atomic E-state index is 2.19. The van der Waals surface area contributed by atoms with Crippen LogP contribution in [0.4, 0.5) is 0 Å². The van der Waals surface area contributed by atoms with E-state index in [1.165, 1.54) is 5.70 Å². The molecule has 0 radical (unpaired) electrons. The molecule has 0 saturated carbocycles. The Labute approximate surface area is 102 Å². The smallest absolute Gasteiger partial charge is 0.112 e. The average Bonchev–Trinajstić information content (AvgIpc) is 2.08. The molecule has 0 aromatic rings. The minimum Gasteiger partial charge on any atom is -1.00 e. The molecule has 1 aliphatic carbocycles. The number of hydrogen-bond acceptors (Lipinski definition) is 0. The summed E-state index contributed by atoms with van der Waals surface area (Å²) in [5.74, 6) is 0. The van der Waals surface area contributed by atoms with E-state index >= 15 is 0 Å². The van der Waals surface area contributed by atoms with E-state index in [9.17, 15) is 0 Å². The van der Waals surface area contributed by atoms with Crippen molar-refractivity contribution in [1.82, 2.24) is 0 Å². The van der Waals surface area contributed by atoms with Crippen molar-refractivity contribution < 1.29 is 51.0 Å². The van der Waals surface area contributed by atoms with Gasteiger partial charge in [-0.05, 0) is 6.08 Å². The zero-order valence-electron chi connectivity index (χ0n) is 7.64. The second-order valence-electron chi connectivity index (χ2n) is 3.30. The van der Waals surface area contributed by atoms with Gasteiger partial charge in [-0.25, -0.2) is 0 Å². The Hall–Kier alpha value is 0.734. The molecule has 1 aliphatic rings. The molecule has 1 nitrogen and oxygen atoms in total. The third kappa shape index (κ3) is 5.39. The van der Waals surface area contributed by atoms with Crippen LogP contribution in [-0.2, 0) is 21.7 Å². The molecule has 0 bridgehead atoms. The number of hydrogen-bond donors (Lipinski definition) is 0. The van der Waals surface area contributed by atoms with Gasteiger partial charge in [0.15, 0.2) is 0 Å². The average molecular weight is 243 g/mol. The summed E-state index contributed by atoms with van der Waals surface area (Å²) in [5, 5.41) is 0. The Balaban J connectivity index is -0.000000270. The topological polar surface area (TPSA) is 0 Å². The minimum absolute atomic E-state index is 0. The Kier molecular flexibility index (Phi) is 11.1. The van der Waals surface area contributed by atoms with Crippen LogP contribution in [0.5, 0.6) is 0 Å². The van der Waals surface area contributed by atoms with Gasteiger partial charge in [0.2, 0.25) is 0 Å². The fourth-order valence-electron chi connectivity index (χ4n) is 0.933. The van der Waals surface area contributed by atoms with Gasteiger partial charge in [0.1, 0.15) is 5.70 Å². The summed E-state index contributed by atoms with van der Waals surface area (Å²) in [4.78, 5) is 0. The van der Waals surface area contributed by atoms with E-state index in [4.69, 9.17) is 0 Å². The number of allylic oxidation sites excluding steroid dienone is 3. The van der Waals surface area contributed by atoms with Gasteiger partial charge in [-0.2, -0.15) is 0 Å². The molecule has 70 valence electrons. The molecule has 0 N–H and O–H groups in total. The standard InChI is InChI=1S/C8H14N.2ClH.Ti/c1-9(2,3)8-6-4-5-7-8;;;/h4-6H,7H2,1-3H3;2*1H;/q+1;;;/p-2. The molecule has 0 aromatic carbocycles. The van der Waals surface area contributed by atoms with Gasteiger partial charge in [-0.15, -0.1) is 0 Å². The van der Waals surface area contributed by atoms with Crippen molar-refractivity contribution in [3.05, 3.63) is 23.9 Å². The van der Waals surface area contributed by atoms with Crippen molar-refractivity contribution in [3.8, 4) is 0 Å². The molecular weight excluding hydrogens is 229 g/mol. The predicted octanol–water partition coefficient (Wildman–Crippen LogP) is -4.46. The van der Waals surface area contributed by atoms with E-state index in [1.807, 2.05) is 0 Å². The molecule has 0 unspecified atom stereocenters. The number of quaternary nitrogens is 1. The number of nitrogens with zero attached hydrogens (tertiary/aromatic N) is 1. The monoisotopic (exact) mass is 242 g/mol. The molecule has 0 amide bonds. The normalized spacial score (nSPS) is 13.8. The summed E-state index contributed by atoms with van der Waals surface area (Å²) in [6, 6.07) is 0. The van der Waals surface area contributed by atoms with E-state index in [-0.39, 0.29) is 46.5 Å². The van der Waals surface area contributed by atoms with Crippen LogP contribution in [0, 0.1) is 0 Å². The van der Waals surface area contributed by atoms with Gasteiger partial charge in [0.25, 0.3) is 0 Å². The molecule has 1 rings (SSSR count). The molecule has 12 heavy (non-hydrogen) atoms. The second kappa shape index (κ2) is 7.17. The van der Waals surface area contributed by atoms with Gasteiger partial charge in [0, 0.05) is 28.1 Å². The fraction of sp³-hybridized carbons (Fsp3) is 0.500. The first-order chi connectivity index (χ1) is 4.11. The Morgan fingerprint density at radius 2 is 1.67 bits per heavy atom. The first-order valence-corrected chi connectivity index (χ1v) is 3.28. The fourth-order valence-corrected chi connectivity index (χ4v) is 0.933. The zero-order valence-corrected chi connectivity index (χ0v) is 10.7. The van der Waals surface area contributed by atoms with Crippen molar-refractivity contribution >= 4 is 0 Å². The molecule has 0 aromatic heterocycles. The zero-order chi connectivity index (χ0) is 6.91.